The first-order valence-electron chi connectivity index (χ1n) is 6.87. The van der Waals surface area contributed by atoms with Gasteiger partial charge < -0.3 is 19.5 Å². The summed E-state index contributed by atoms with van der Waals surface area (Å²) in [6.07, 6.45) is 1.14. The summed E-state index contributed by atoms with van der Waals surface area (Å²) in [6.45, 7) is 4.77. The van der Waals surface area contributed by atoms with Crippen molar-refractivity contribution in [1.82, 2.24) is 5.32 Å². The van der Waals surface area contributed by atoms with Crippen molar-refractivity contribution in [1.29, 1.82) is 0 Å². The summed E-state index contributed by atoms with van der Waals surface area (Å²) >= 11 is 3.52. The van der Waals surface area contributed by atoms with Gasteiger partial charge in [0, 0.05) is 19.2 Å². The molecule has 5 heteroatoms. The van der Waals surface area contributed by atoms with Crippen LogP contribution in [0, 0.1) is 5.92 Å². The van der Waals surface area contributed by atoms with Crippen molar-refractivity contribution in [3.8, 4) is 11.5 Å². The zero-order valence-corrected chi connectivity index (χ0v) is 13.8. The fourth-order valence-corrected chi connectivity index (χ4v) is 3.12. The fraction of sp³-hybridized carbons (Fsp3) is 0.600. The Hall–Kier alpha value is -0.780. The molecule has 1 aliphatic heterocycles. The van der Waals surface area contributed by atoms with Gasteiger partial charge in [0.2, 0.25) is 0 Å². The number of methoxy groups -OCH3 is 2. The Balaban J connectivity index is 2.00. The van der Waals surface area contributed by atoms with Gasteiger partial charge in [-0.05, 0) is 52.9 Å². The summed E-state index contributed by atoms with van der Waals surface area (Å²) in [7, 11) is 3.29. The normalized spacial score (nSPS) is 19.9. The smallest absolute Gasteiger partial charge is 0.174 e. The molecule has 1 heterocycles. The van der Waals surface area contributed by atoms with Gasteiger partial charge in [-0.15, -0.1) is 0 Å². The van der Waals surface area contributed by atoms with Gasteiger partial charge in [0.05, 0.1) is 25.3 Å². The molecule has 1 aliphatic rings. The highest BCUT2D eigenvalue weighted by Crippen LogP contribution is 2.36. The third-order valence-electron chi connectivity index (χ3n) is 3.79. The third kappa shape index (κ3) is 3.65. The number of hydrogen-bond donors (Lipinski definition) is 1. The second-order valence-corrected chi connectivity index (χ2v) is 5.96. The molecule has 1 fully saturated rings. The van der Waals surface area contributed by atoms with Gasteiger partial charge in [0.15, 0.2) is 11.5 Å². The first kappa shape index (κ1) is 15.6. The van der Waals surface area contributed by atoms with Crippen molar-refractivity contribution in [2.45, 2.75) is 25.9 Å². The van der Waals surface area contributed by atoms with Crippen molar-refractivity contribution in [3.63, 3.8) is 0 Å². The van der Waals surface area contributed by atoms with Gasteiger partial charge in [0.1, 0.15) is 0 Å². The molecule has 0 bridgehead atoms. The van der Waals surface area contributed by atoms with E-state index in [1.54, 1.807) is 14.2 Å². The van der Waals surface area contributed by atoms with Crippen LogP contribution in [0.1, 0.15) is 18.9 Å². The van der Waals surface area contributed by atoms with E-state index in [1.807, 2.05) is 6.07 Å². The van der Waals surface area contributed by atoms with E-state index in [1.165, 1.54) is 5.56 Å². The lowest BCUT2D eigenvalue weighted by Gasteiger charge is -2.20. The molecule has 1 aromatic carbocycles. The average molecular weight is 344 g/mol. The highest BCUT2D eigenvalue weighted by Gasteiger charge is 2.22. The summed E-state index contributed by atoms with van der Waals surface area (Å²) < 4.78 is 17.0. The van der Waals surface area contributed by atoms with Crippen molar-refractivity contribution in [2.75, 3.05) is 27.4 Å². The van der Waals surface area contributed by atoms with Gasteiger partial charge in [-0.25, -0.2) is 0 Å². The summed E-state index contributed by atoms with van der Waals surface area (Å²) in [6, 6.07) is 4.52. The van der Waals surface area contributed by atoms with Crippen LogP contribution in [0.25, 0.3) is 0 Å². The van der Waals surface area contributed by atoms with Crippen molar-refractivity contribution >= 4 is 15.9 Å². The monoisotopic (exact) mass is 343 g/mol. The maximum atomic E-state index is 5.43. The molecule has 4 nitrogen and oxygen atoms in total. The minimum atomic E-state index is 0.448. The minimum Gasteiger partial charge on any atom is -0.493 e. The molecular formula is C15H22BrNO3. The number of hydrogen-bond acceptors (Lipinski definition) is 4. The molecular weight excluding hydrogens is 322 g/mol. The molecule has 0 radical (unpaired) electrons. The fourth-order valence-electron chi connectivity index (χ4n) is 2.47. The molecule has 2 unspecified atom stereocenters. The van der Waals surface area contributed by atoms with E-state index in [4.69, 9.17) is 14.2 Å². The predicted octanol–water partition coefficient (Wildman–Crippen LogP) is 2.98. The molecule has 0 aliphatic carbocycles. The Morgan fingerprint density at radius 1 is 1.40 bits per heavy atom. The number of benzene rings is 1. The number of nitrogens with one attached hydrogen (secondary N) is 1. The Morgan fingerprint density at radius 2 is 2.20 bits per heavy atom. The maximum Gasteiger partial charge on any atom is 0.174 e. The maximum absolute atomic E-state index is 5.43. The van der Waals surface area contributed by atoms with Crippen LogP contribution < -0.4 is 14.8 Å². The Kier molecular flexibility index (Phi) is 5.69. The highest BCUT2D eigenvalue weighted by molar-refractivity contribution is 9.10. The van der Waals surface area contributed by atoms with Crippen molar-refractivity contribution in [2.24, 2.45) is 5.92 Å². The molecule has 0 amide bonds. The number of halogens is 1. The third-order valence-corrected chi connectivity index (χ3v) is 4.38. The summed E-state index contributed by atoms with van der Waals surface area (Å²) in [5.74, 6) is 2.09. The lowest BCUT2D eigenvalue weighted by molar-refractivity contribution is 0.178. The van der Waals surface area contributed by atoms with Crippen LogP contribution in [-0.2, 0) is 11.3 Å². The van der Waals surface area contributed by atoms with Crippen LogP contribution in [0.15, 0.2) is 16.6 Å². The van der Waals surface area contributed by atoms with E-state index in [0.29, 0.717) is 12.0 Å². The van der Waals surface area contributed by atoms with Crippen LogP contribution in [0.5, 0.6) is 11.5 Å². The van der Waals surface area contributed by atoms with Gasteiger partial charge >= 0.3 is 0 Å². The first-order chi connectivity index (χ1) is 9.65. The van der Waals surface area contributed by atoms with Gasteiger partial charge in [-0.3, -0.25) is 0 Å². The summed E-state index contributed by atoms with van der Waals surface area (Å²) in [5, 5.41) is 3.56. The zero-order chi connectivity index (χ0) is 14.5. The molecule has 2 rings (SSSR count). The highest BCUT2D eigenvalue weighted by atomic mass is 79.9. The van der Waals surface area contributed by atoms with Crippen LogP contribution in [0.2, 0.25) is 0 Å². The number of rotatable bonds is 6. The zero-order valence-electron chi connectivity index (χ0n) is 12.2. The molecule has 112 valence electrons. The SMILES string of the molecule is COc1cc(CNC(C)C2CCOC2)cc(Br)c1OC. The second-order valence-electron chi connectivity index (χ2n) is 5.11. The van der Waals surface area contributed by atoms with Gasteiger partial charge in [-0.1, -0.05) is 0 Å². The Morgan fingerprint density at radius 3 is 2.80 bits per heavy atom. The molecule has 0 saturated carbocycles. The quantitative estimate of drug-likeness (QED) is 0.861. The molecule has 2 atom stereocenters. The molecule has 1 N–H and O–H groups in total. The Labute approximate surface area is 128 Å². The molecule has 20 heavy (non-hydrogen) atoms. The lowest BCUT2D eigenvalue weighted by atomic mass is 10.0. The van der Waals surface area contributed by atoms with Crippen LogP contribution in [0.3, 0.4) is 0 Å². The summed E-state index contributed by atoms with van der Waals surface area (Å²) in [4.78, 5) is 0. The largest absolute Gasteiger partial charge is 0.493 e. The summed E-state index contributed by atoms with van der Waals surface area (Å²) in [5.41, 5.74) is 1.17. The van der Waals surface area contributed by atoms with E-state index < -0.39 is 0 Å². The molecule has 0 spiro atoms. The molecule has 0 aromatic heterocycles. The van der Waals surface area contributed by atoms with E-state index in [-0.39, 0.29) is 0 Å². The Bertz CT molecular complexity index is 447. The van der Waals surface area contributed by atoms with Crippen LogP contribution in [-0.4, -0.2) is 33.5 Å². The van der Waals surface area contributed by atoms with E-state index in [9.17, 15) is 0 Å². The van der Waals surface area contributed by atoms with Crippen LogP contribution in [0.4, 0.5) is 0 Å². The molecule has 1 aromatic rings. The predicted molar refractivity (Wildman–Crippen MR) is 82.5 cm³/mol. The lowest BCUT2D eigenvalue weighted by Crippen LogP contribution is -2.33. The van der Waals surface area contributed by atoms with Crippen molar-refractivity contribution in [3.05, 3.63) is 22.2 Å². The first-order valence-corrected chi connectivity index (χ1v) is 7.66. The second kappa shape index (κ2) is 7.29. The van der Waals surface area contributed by atoms with Gasteiger partial charge in [-0.2, -0.15) is 0 Å². The standard InChI is InChI=1S/C15H22BrNO3/c1-10(12-4-5-20-9-12)17-8-11-6-13(16)15(19-3)14(7-11)18-2/h6-7,10,12,17H,4-5,8-9H2,1-3H3. The van der Waals surface area contributed by atoms with E-state index >= 15 is 0 Å². The van der Waals surface area contributed by atoms with E-state index in [2.05, 4.69) is 34.2 Å². The minimum absolute atomic E-state index is 0.448. The van der Waals surface area contributed by atoms with Gasteiger partial charge in [0.25, 0.3) is 0 Å². The average Bonchev–Trinajstić information content (AvgIpc) is 2.98. The van der Waals surface area contributed by atoms with E-state index in [0.717, 1.165) is 42.2 Å². The molecule has 1 saturated heterocycles. The van der Waals surface area contributed by atoms with Crippen molar-refractivity contribution < 1.29 is 14.2 Å². The topological polar surface area (TPSA) is 39.7 Å². The van der Waals surface area contributed by atoms with Crippen LogP contribution >= 0.6 is 15.9 Å². The number of ether oxygens (including phenoxy) is 3.